The van der Waals surface area contributed by atoms with E-state index in [1.54, 1.807) is 6.92 Å². The molecule has 0 aliphatic rings. The third-order valence-corrected chi connectivity index (χ3v) is 2.43. The molecule has 0 aliphatic heterocycles. The molecular formula is C13H16FNO2. The van der Waals surface area contributed by atoms with Crippen LogP contribution < -0.4 is 5.32 Å². The van der Waals surface area contributed by atoms with Crippen LogP contribution in [0.5, 0.6) is 0 Å². The minimum Gasteiger partial charge on any atom is -0.356 e. The molecular weight excluding hydrogens is 221 g/mol. The van der Waals surface area contributed by atoms with E-state index in [1.807, 2.05) is 6.92 Å². The summed E-state index contributed by atoms with van der Waals surface area (Å²) in [5.74, 6) is -0.607. The number of hydrogen-bond acceptors (Lipinski definition) is 2. The lowest BCUT2D eigenvalue weighted by molar-refractivity contribution is -0.120. The molecule has 0 fully saturated rings. The predicted octanol–water partition coefficient (Wildman–Crippen LogP) is 2.23. The molecule has 0 spiro atoms. The summed E-state index contributed by atoms with van der Waals surface area (Å²) in [5.41, 5.74) is 0.891. The smallest absolute Gasteiger partial charge is 0.220 e. The monoisotopic (exact) mass is 237 g/mol. The quantitative estimate of drug-likeness (QED) is 0.798. The van der Waals surface area contributed by atoms with Gasteiger partial charge in [-0.3, -0.25) is 9.59 Å². The molecule has 0 atom stereocenters. The highest BCUT2D eigenvalue weighted by molar-refractivity contribution is 5.98. The molecule has 17 heavy (non-hydrogen) atoms. The van der Waals surface area contributed by atoms with Gasteiger partial charge >= 0.3 is 0 Å². The minimum atomic E-state index is -0.328. The Labute approximate surface area is 100 Å². The predicted molar refractivity (Wildman–Crippen MR) is 63.4 cm³/mol. The van der Waals surface area contributed by atoms with Crippen LogP contribution in [-0.4, -0.2) is 18.2 Å². The Morgan fingerprint density at radius 3 is 2.59 bits per heavy atom. The summed E-state index contributed by atoms with van der Waals surface area (Å²) in [4.78, 5) is 22.9. The summed E-state index contributed by atoms with van der Waals surface area (Å²) in [5, 5.41) is 2.62. The molecule has 0 aliphatic carbocycles. The Bertz CT molecular complexity index is 429. The van der Waals surface area contributed by atoms with Crippen LogP contribution in [0.4, 0.5) is 4.39 Å². The molecule has 4 heteroatoms. The molecule has 3 nitrogen and oxygen atoms in total. The van der Waals surface area contributed by atoms with Gasteiger partial charge in [0.15, 0.2) is 5.78 Å². The molecule has 0 radical (unpaired) electrons. The zero-order chi connectivity index (χ0) is 12.8. The van der Waals surface area contributed by atoms with E-state index in [-0.39, 0.29) is 30.3 Å². The Kier molecular flexibility index (Phi) is 4.82. The van der Waals surface area contributed by atoms with Gasteiger partial charge in [0.25, 0.3) is 0 Å². The largest absolute Gasteiger partial charge is 0.356 e. The highest BCUT2D eigenvalue weighted by Gasteiger charge is 2.10. The van der Waals surface area contributed by atoms with Crippen molar-refractivity contribution in [2.75, 3.05) is 6.54 Å². The van der Waals surface area contributed by atoms with Gasteiger partial charge in [-0.15, -0.1) is 0 Å². The highest BCUT2D eigenvalue weighted by atomic mass is 19.1. The maximum absolute atomic E-state index is 13.0. The fourth-order valence-electron chi connectivity index (χ4n) is 1.48. The van der Waals surface area contributed by atoms with Crippen LogP contribution in [0.15, 0.2) is 18.2 Å². The SMILES string of the molecule is CCNC(=O)CCC(=O)c1ccc(F)c(C)c1. The molecule has 0 heterocycles. The number of hydrogen-bond donors (Lipinski definition) is 1. The number of nitrogens with one attached hydrogen (secondary N) is 1. The molecule has 0 bridgehead atoms. The van der Waals surface area contributed by atoms with Gasteiger partial charge in [0, 0.05) is 24.9 Å². The normalized spacial score (nSPS) is 10.1. The third-order valence-electron chi connectivity index (χ3n) is 2.43. The number of carbonyl (C=O) groups excluding carboxylic acids is 2. The Hall–Kier alpha value is -1.71. The first-order chi connectivity index (χ1) is 8.04. The summed E-state index contributed by atoms with van der Waals surface area (Å²) in [7, 11) is 0. The molecule has 0 saturated carbocycles. The summed E-state index contributed by atoms with van der Waals surface area (Å²) in [6.07, 6.45) is 0.319. The van der Waals surface area contributed by atoms with Crippen LogP contribution in [0.2, 0.25) is 0 Å². The van der Waals surface area contributed by atoms with Gasteiger partial charge < -0.3 is 5.32 Å². The first kappa shape index (κ1) is 13.4. The first-order valence-electron chi connectivity index (χ1n) is 5.60. The van der Waals surface area contributed by atoms with E-state index in [9.17, 15) is 14.0 Å². The van der Waals surface area contributed by atoms with Crippen LogP contribution in [0.25, 0.3) is 0 Å². The average molecular weight is 237 g/mol. The van der Waals surface area contributed by atoms with Crippen molar-refractivity contribution < 1.29 is 14.0 Å². The van der Waals surface area contributed by atoms with Gasteiger partial charge in [-0.05, 0) is 37.6 Å². The van der Waals surface area contributed by atoms with Crippen LogP contribution in [0, 0.1) is 12.7 Å². The summed E-state index contributed by atoms with van der Waals surface area (Å²) >= 11 is 0. The Morgan fingerprint density at radius 2 is 2.00 bits per heavy atom. The van der Waals surface area contributed by atoms with Crippen molar-refractivity contribution in [2.24, 2.45) is 0 Å². The Balaban J connectivity index is 2.58. The van der Waals surface area contributed by atoms with Crippen molar-refractivity contribution in [3.63, 3.8) is 0 Å². The van der Waals surface area contributed by atoms with Gasteiger partial charge in [-0.25, -0.2) is 4.39 Å². The lowest BCUT2D eigenvalue weighted by atomic mass is 10.0. The van der Waals surface area contributed by atoms with Crippen LogP contribution in [0.3, 0.4) is 0 Å². The van der Waals surface area contributed by atoms with Gasteiger partial charge in [0.2, 0.25) is 5.91 Å². The first-order valence-corrected chi connectivity index (χ1v) is 5.60. The standard InChI is InChI=1S/C13H16FNO2/c1-3-15-13(17)7-6-12(16)10-4-5-11(14)9(2)8-10/h4-5,8H,3,6-7H2,1-2H3,(H,15,17). The molecule has 1 aromatic rings. The number of amides is 1. The lowest BCUT2D eigenvalue weighted by Crippen LogP contribution is -2.23. The van der Waals surface area contributed by atoms with Gasteiger partial charge in [-0.1, -0.05) is 0 Å². The number of halogens is 1. The van der Waals surface area contributed by atoms with Crippen molar-refractivity contribution >= 4 is 11.7 Å². The number of carbonyl (C=O) groups is 2. The molecule has 1 rings (SSSR count). The van der Waals surface area contributed by atoms with Crippen molar-refractivity contribution in [1.29, 1.82) is 0 Å². The second kappa shape index (κ2) is 6.13. The molecule has 1 aromatic carbocycles. The summed E-state index contributed by atoms with van der Waals surface area (Å²) in [6, 6.07) is 4.23. The molecule has 0 aromatic heterocycles. The van der Waals surface area contributed by atoms with Crippen LogP contribution >= 0.6 is 0 Å². The van der Waals surface area contributed by atoms with Gasteiger partial charge in [0.1, 0.15) is 5.82 Å². The van der Waals surface area contributed by atoms with Gasteiger partial charge in [0.05, 0.1) is 0 Å². The number of benzene rings is 1. The van der Waals surface area contributed by atoms with Crippen LogP contribution in [0.1, 0.15) is 35.7 Å². The van der Waals surface area contributed by atoms with Crippen molar-refractivity contribution in [2.45, 2.75) is 26.7 Å². The minimum absolute atomic E-state index is 0.139. The molecule has 92 valence electrons. The number of Topliss-reactive ketones (excluding diaryl/α,β-unsaturated/α-hetero) is 1. The van der Waals surface area contributed by atoms with Crippen LogP contribution in [-0.2, 0) is 4.79 Å². The second-order valence-corrected chi connectivity index (χ2v) is 3.84. The van der Waals surface area contributed by atoms with E-state index in [4.69, 9.17) is 0 Å². The van der Waals surface area contributed by atoms with E-state index in [2.05, 4.69) is 5.32 Å². The van der Waals surface area contributed by atoms with Crippen molar-refractivity contribution in [1.82, 2.24) is 5.32 Å². The number of ketones is 1. The average Bonchev–Trinajstić information content (AvgIpc) is 2.30. The fraction of sp³-hybridized carbons (Fsp3) is 0.385. The molecule has 0 saturated heterocycles. The molecule has 0 unspecified atom stereocenters. The zero-order valence-electron chi connectivity index (χ0n) is 10.0. The zero-order valence-corrected chi connectivity index (χ0v) is 10.0. The molecule has 1 N–H and O–H groups in total. The number of rotatable bonds is 5. The third kappa shape index (κ3) is 3.98. The summed E-state index contributed by atoms with van der Waals surface area (Å²) in [6.45, 7) is 3.99. The Morgan fingerprint density at radius 1 is 1.29 bits per heavy atom. The van der Waals surface area contributed by atoms with E-state index >= 15 is 0 Å². The van der Waals surface area contributed by atoms with E-state index in [0.717, 1.165) is 0 Å². The summed E-state index contributed by atoms with van der Waals surface area (Å²) < 4.78 is 13.0. The van der Waals surface area contributed by atoms with E-state index in [1.165, 1.54) is 18.2 Å². The fourth-order valence-corrected chi connectivity index (χ4v) is 1.48. The van der Waals surface area contributed by atoms with Crippen molar-refractivity contribution in [3.05, 3.63) is 35.1 Å². The number of aryl methyl sites for hydroxylation is 1. The lowest BCUT2D eigenvalue weighted by Gasteiger charge is -2.03. The highest BCUT2D eigenvalue weighted by Crippen LogP contribution is 2.11. The van der Waals surface area contributed by atoms with E-state index in [0.29, 0.717) is 17.7 Å². The maximum Gasteiger partial charge on any atom is 0.220 e. The van der Waals surface area contributed by atoms with Crippen molar-refractivity contribution in [3.8, 4) is 0 Å². The second-order valence-electron chi connectivity index (χ2n) is 3.84. The maximum atomic E-state index is 13.0. The molecule has 1 amide bonds. The topological polar surface area (TPSA) is 46.2 Å². The van der Waals surface area contributed by atoms with Gasteiger partial charge in [-0.2, -0.15) is 0 Å². The van der Waals surface area contributed by atoms with E-state index < -0.39 is 0 Å².